The van der Waals surface area contributed by atoms with Gasteiger partial charge in [0.15, 0.2) is 0 Å². The number of methoxy groups -OCH3 is 1. The van der Waals surface area contributed by atoms with Gasteiger partial charge in [-0.05, 0) is 85.8 Å². The first-order valence-electron chi connectivity index (χ1n) is 11.9. The Bertz CT molecular complexity index is 1370. The molecule has 0 radical (unpaired) electrons. The second kappa shape index (κ2) is 11.8. The topological polar surface area (TPSA) is 75.7 Å². The van der Waals surface area contributed by atoms with E-state index >= 15 is 0 Å². The Hall–Kier alpha value is -2.74. The number of aryl methyl sites for hydroxylation is 2. The third-order valence-corrected chi connectivity index (χ3v) is 8.34. The summed E-state index contributed by atoms with van der Waals surface area (Å²) in [6, 6.07) is 14.5. The number of nitrogens with zero attached hydrogens (tertiary/aromatic N) is 1. The standard InChI is InChI=1S/C28H32Cl2N2O4S/c1-17(2)25-15-26(19(4)11-27(25)36-6)20(5)31-28(33)16-32(23-13-21(29)12-22(30)14-23)37(34,35)24-9-7-18(3)8-10-24/h7-15,17,20H,16H2,1-6H3,(H,31,33)/t20-/m0/s1. The molecular formula is C28H32Cl2N2O4S. The van der Waals surface area contributed by atoms with Gasteiger partial charge in [-0.1, -0.05) is 54.7 Å². The largest absolute Gasteiger partial charge is 0.496 e. The number of carbonyl (C=O) groups is 1. The molecule has 0 spiro atoms. The lowest BCUT2D eigenvalue weighted by atomic mass is 9.93. The summed E-state index contributed by atoms with van der Waals surface area (Å²) < 4.78 is 33.9. The van der Waals surface area contributed by atoms with Crippen molar-refractivity contribution >= 4 is 44.8 Å². The Balaban J connectivity index is 1.95. The van der Waals surface area contributed by atoms with Gasteiger partial charge in [0, 0.05) is 10.0 Å². The van der Waals surface area contributed by atoms with Crippen molar-refractivity contribution in [2.45, 2.75) is 51.5 Å². The average Bonchev–Trinajstić information content (AvgIpc) is 2.81. The average molecular weight is 564 g/mol. The molecule has 0 saturated carbocycles. The number of sulfonamides is 1. The Kier molecular flexibility index (Phi) is 9.16. The number of rotatable bonds is 9. The molecule has 0 saturated heterocycles. The number of nitrogens with one attached hydrogen (secondary N) is 1. The number of benzene rings is 3. The van der Waals surface area contributed by atoms with Gasteiger partial charge in [-0.25, -0.2) is 8.42 Å². The van der Waals surface area contributed by atoms with Gasteiger partial charge in [0.2, 0.25) is 5.91 Å². The van der Waals surface area contributed by atoms with Crippen LogP contribution in [0.4, 0.5) is 5.69 Å². The molecule has 9 heteroatoms. The zero-order valence-electron chi connectivity index (χ0n) is 21.8. The lowest BCUT2D eigenvalue weighted by Crippen LogP contribution is -2.41. The number of carbonyl (C=O) groups excluding carboxylic acids is 1. The zero-order chi connectivity index (χ0) is 27.5. The van der Waals surface area contributed by atoms with Gasteiger partial charge in [-0.15, -0.1) is 0 Å². The van der Waals surface area contributed by atoms with Crippen LogP contribution >= 0.6 is 23.2 Å². The van der Waals surface area contributed by atoms with E-state index in [0.29, 0.717) is 0 Å². The van der Waals surface area contributed by atoms with E-state index in [0.717, 1.165) is 32.3 Å². The smallest absolute Gasteiger partial charge is 0.264 e. The summed E-state index contributed by atoms with van der Waals surface area (Å²) >= 11 is 12.4. The maximum Gasteiger partial charge on any atom is 0.264 e. The zero-order valence-corrected chi connectivity index (χ0v) is 24.1. The monoisotopic (exact) mass is 562 g/mol. The van der Waals surface area contributed by atoms with Crippen molar-refractivity contribution in [2.75, 3.05) is 18.0 Å². The summed E-state index contributed by atoms with van der Waals surface area (Å²) in [7, 11) is -2.46. The Morgan fingerprint density at radius 1 is 0.946 bits per heavy atom. The summed E-state index contributed by atoms with van der Waals surface area (Å²) in [5.41, 5.74) is 4.03. The molecule has 0 aliphatic heterocycles. The fourth-order valence-corrected chi connectivity index (χ4v) is 6.06. The predicted molar refractivity (Wildman–Crippen MR) is 151 cm³/mol. The van der Waals surface area contributed by atoms with Crippen LogP contribution in [0.15, 0.2) is 59.5 Å². The summed E-state index contributed by atoms with van der Waals surface area (Å²) in [6.07, 6.45) is 0. The fraction of sp³-hybridized carbons (Fsp3) is 0.321. The minimum atomic E-state index is -4.10. The van der Waals surface area contributed by atoms with E-state index in [1.54, 1.807) is 19.2 Å². The summed E-state index contributed by atoms with van der Waals surface area (Å²) in [5.74, 6) is 0.545. The Labute approximate surface area is 229 Å². The van der Waals surface area contributed by atoms with Crippen LogP contribution in [0.3, 0.4) is 0 Å². The molecule has 0 aliphatic rings. The van der Waals surface area contributed by atoms with Gasteiger partial charge < -0.3 is 10.1 Å². The van der Waals surface area contributed by atoms with Crippen LogP contribution in [0.25, 0.3) is 0 Å². The first kappa shape index (κ1) is 28.8. The lowest BCUT2D eigenvalue weighted by Gasteiger charge is -2.26. The molecule has 0 heterocycles. The van der Waals surface area contributed by atoms with Crippen LogP contribution in [0.1, 0.15) is 55.0 Å². The van der Waals surface area contributed by atoms with Crippen LogP contribution in [0.5, 0.6) is 5.75 Å². The van der Waals surface area contributed by atoms with Crippen molar-refractivity contribution < 1.29 is 17.9 Å². The quantitative estimate of drug-likeness (QED) is 0.310. The van der Waals surface area contributed by atoms with Crippen molar-refractivity contribution in [3.63, 3.8) is 0 Å². The lowest BCUT2D eigenvalue weighted by molar-refractivity contribution is -0.120. The second-order valence-electron chi connectivity index (χ2n) is 9.35. The summed E-state index contributed by atoms with van der Waals surface area (Å²) in [5, 5.41) is 3.47. The predicted octanol–water partition coefficient (Wildman–Crippen LogP) is 6.81. The third-order valence-electron chi connectivity index (χ3n) is 6.12. The SMILES string of the molecule is COc1cc(C)c([C@H](C)NC(=O)CN(c2cc(Cl)cc(Cl)c2)S(=O)(=O)c2ccc(C)cc2)cc1C(C)C. The molecule has 198 valence electrons. The minimum Gasteiger partial charge on any atom is -0.496 e. The molecular weight excluding hydrogens is 531 g/mol. The highest BCUT2D eigenvalue weighted by Gasteiger charge is 2.28. The summed E-state index contributed by atoms with van der Waals surface area (Å²) in [6.45, 7) is 9.38. The van der Waals surface area contributed by atoms with E-state index in [1.807, 2.05) is 32.9 Å². The van der Waals surface area contributed by atoms with E-state index in [2.05, 4.69) is 19.2 Å². The Morgan fingerprint density at radius 2 is 1.54 bits per heavy atom. The Morgan fingerprint density at radius 3 is 2.08 bits per heavy atom. The molecule has 1 atom stereocenters. The number of hydrogen-bond acceptors (Lipinski definition) is 4. The van der Waals surface area contributed by atoms with Crippen molar-refractivity contribution in [2.24, 2.45) is 0 Å². The number of hydrogen-bond donors (Lipinski definition) is 1. The van der Waals surface area contributed by atoms with Crippen LogP contribution in [0, 0.1) is 13.8 Å². The molecule has 0 unspecified atom stereocenters. The molecule has 0 bridgehead atoms. The molecule has 0 aliphatic carbocycles. The highest BCUT2D eigenvalue weighted by atomic mass is 35.5. The van der Waals surface area contributed by atoms with E-state index in [1.165, 1.54) is 30.3 Å². The highest BCUT2D eigenvalue weighted by molar-refractivity contribution is 7.92. The van der Waals surface area contributed by atoms with Gasteiger partial charge in [0.1, 0.15) is 12.3 Å². The minimum absolute atomic E-state index is 0.0580. The molecule has 3 aromatic carbocycles. The van der Waals surface area contributed by atoms with Crippen LogP contribution in [-0.2, 0) is 14.8 Å². The molecule has 3 rings (SSSR count). The first-order chi connectivity index (χ1) is 17.3. The normalized spacial score (nSPS) is 12.4. The fourth-order valence-electron chi connectivity index (χ4n) is 4.14. The number of halogens is 2. The number of amides is 1. The molecule has 3 aromatic rings. The third kappa shape index (κ3) is 6.78. The maximum absolute atomic E-state index is 13.6. The summed E-state index contributed by atoms with van der Waals surface area (Å²) in [4.78, 5) is 13.3. The second-order valence-corrected chi connectivity index (χ2v) is 12.1. The van der Waals surface area contributed by atoms with Crippen LogP contribution < -0.4 is 14.4 Å². The van der Waals surface area contributed by atoms with Gasteiger partial charge in [-0.3, -0.25) is 9.10 Å². The molecule has 6 nitrogen and oxygen atoms in total. The molecule has 1 N–H and O–H groups in total. The first-order valence-corrected chi connectivity index (χ1v) is 14.1. The van der Waals surface area contributed by atoms with Gasteiger partial charge in [-0.2, -0.15) is 0 Å². The molecule has 0 fully saturated rings. The van der Waals surface area contributed by atoms with E-state index < -0.39 is 22.5 Å². The molecule has 37 heavy (non-hydrogen) atoms. The van der Waals surface area contributed by atoms with Crippen LogP contribution in [0.2, 0.25) is 10.0 Å². The maximum atomic E-state index is 13.6. The van der Waals surface area contributed by atoms with Gasteiger partial charge >= 0.3 is 0 Å². The van der Waals surface area contributed by atoms with E-state index in [-0.39, 0.29) is 32.6 Å². The van der Waals surface area contributed by atoms with E-state index in [9.17, 15) is 13.2 Å². The van der Waals surface area contributed by atoms with Gasteiger partial charge in [0.05, 0.1) is 23.7 Å². The number of anilines is 1. The van der Waals surface area contributed by atoms with Crippen LogP contribution in [-0.4, -0.2) is 28.0 Å². The molecule has 0 aromatic heterocycles. The van der Waals surface area contributed by atoms with Crippen molar-refractivity contribution in [1.82, 2.24) is 5.32 Å². The van der Waals surface area contributed by atoms with Crippen molar-refractivity contribution in [3.05, 3.63) is 86.9 Å². The van der Waals surface area contributed by atoms with Crippen molar-refractivity contribution in [3.8, 4) is 5.75 Å². The number of ether oxygens (including phenoxy) is 1. The van der Waals surface area contributed by atoms with E-state index in [4.69, 9.17) is 27.9 Å². The van der Waals surface area contributed by atoms with Gasteiger partial charge in [0.25, 0.3) is 10.0 Å². The molecule has 1 amide bonds. The van der Waals surface area contributed by atoms with Crippen molar-refractivity contribution in [1.29, 1.82) is 0 Å². The highest BCUT2D eigenvalue weighted by Crippen LogP contribution is 2.33.